The van der Waals surface area contributed by atoms with Crippen molar-refractivity contribution in [2.24, 2.45) is 5.92 Å². The number of hydrogen-bond donors (Lipinski definition) is 1. The fourth-order valence-electron chi connectivity index (χ4n) is 1.52. The minimum absolute atomic E-state index is 0.457. The third-order valence-electron chi connectivity index (χ3n) is 3.02. The highest BCUT2D eigenvalue weighted by molar-refractivity contribution is 5.49. The summed E-state index contributed by atoms with van der Waals surface area (Å²) in [5.74, 6) is 3.23. The van der Waals surface area contributed by atoms with E-state index in [9.17, 15) is 0 Å². The van der Waals surface area contributed by atoms with Crippen molar-refractivity contribution in [2.45, 2.75) is 33.7 Å². The molecule has 90 valence electrons. The Kier molecular flexibility index (Phi) is 4.10. The van der Waals surface area contributed by atoms with Crippen LogP contribution < -0.4 is 10.2 Å². The summed E-state index contributed by atoms with van der Waals surface area (Å²) in [6, 6.07) is 2.44. The molecule has 1 atom stereocenters. The van der Waals surface area contributed by atoms with Crippen molar-refractivity contribution < 1.29 is 0 Å². The zero-order chi connectivity index (χ0) is 12.3. The number of aryl methyl sites for hydroxylation is 1. The van der Waals surface area contributed by atoms with Crippen molar-refractivity contribution in [2.75, 3.05) is 24.3 Å². The lowest BCUT2D eigenvalue weighted by atomic mass is 10.1. The molecule has 0 aliphatic heterocycles. The van der Waals surface area contributed by atoms with Crippen LogP contribution in [-0.4, -0.2) is 30.1 Å². The second-order valence-corrected chi connectivity index (χ2v) is 4.50. The minimum atomic E-state index is 0.457. The summed E-state index contributed by atoms with van der Waals surface area (Å²) in [4.78, 5) is 10.9. The van der Waals surface area contributed by atoms with Gasteiger partial charge >= 0.3 is 0 Å². The number of rotatable bonds is 4. The van der Waals surface area contributed by atoms with Crippen LogP contribution in [0.2, 0.25) is 0 Å². The van der Waals surface area contributed by atoms with E-state index in [4.69, 9.17) is 0 Å². The van der Waals surface area contributed by atoms with Gasteiger partial charge in [0.05, 0.1) is 0 Å². The highest BCUT2D eigenvalue weighted by Gasteiger charge is 2.15. The normalized spacial score (nSPS) is 12.7. The average molecular weight is 222 g/mol. The average Bonchev–Trinajstić information content (AvgIpc) is 2.25. The van der Waals surface area contributed by atoms with E-state index in [2.05, 4.69) is 48.0 Å². The van der Waals surface area contributed by atoms with Crippen LogP contribution in [0.15, 0.2) is 6.07 Å². The van der Waals surface area contributed by atoms with Crippen LogP contribution in [-0.2, 0) is 0 Å². The van der Waals surface area contributed by atoms with Gasteiger partial charge in [0.2, 0.25) is 0 Å². The maximum absolute atomic E-state index is 4.46. The first kappa shape index (κ1) is 12.7. The van der Waals surface area contributed by atoms with E-state index in [0.29, 0.717) is 12.0 Å². The van der Waals surface area contributed by atoms with Gasteiger partial charge in [-0.3, -0.25) is 0 Å². The van der Waals surface area contributed by atoms with Gasteiger partial charge in [0.15, 0.2) is 0 Å². The standard InChI is InChI=1S/C12H22N4/c1-8(2)9(3)16(6)12-7-11(13-5)14-10(4)15-12/h7-9H,1-6H3,(H,13,14,15). The van der Waals surface area contributed by atoms with Crippen LogP contribution in [0, 0.1) is 12.8 Å². The Hall–Kier alpha value is -1.32. The topological polar surface area (TPSA) is 41.0 Å². The fourth-order valence-corrected chi connectivity index (χ4v) is 1.52. The van der Waals surface area contributed by atoms with Gasteiger partial charge in [-0.2, -0.15) is 0 Å². The van der Waals surface area contributed by atoms with Gasteiger partial charge in [-0.1, -0.05) is 13.8 Å². The van der Waals surface area contributed by atoms with E-state index < -0.39 is 0 Å². The molecule has 1 heterocycles. The highest BCUT2D eigenvalue weighted by atomic mass is 15.2. The Labute approximate surface area is 98.1 Å². The molecular weight excluding hydrogens is 200 g/mol. The fraction of sp³-hybridized carbons (Fsp3) is 0.667. The Morgan fingerprint density at radius 3 is 2.38 bits per heavy atom. The number of nitrogens with one attached hydrogen (secondary N) is 1. The number of hydrogen-bond acceptors (Lipinski definition) is 4. The Bertz CT molecular complexity index is 349. The highest BCUT2D eigenvalue weighted by Crippen LogP contribution is 2.19. The van der Waals surface area contributed by atoms with E-state index >= 15 is 0 Å². The summed E-state index contributed by atoms with van der Waals surface area (Å²) in [6.45, 7) is 8.56. The van der Waals surface area contributed by atoms with Crippen LogP contribution in [0.5, 0.6) is 0 Å². The molecular formula is C12H22N4. The van der Waals surface area contributed by atoms with Gasteiger partial charge < -0.3 is 10.2 Å². The van der Waals surface area contributed by atoms with E-state index in [1.807, 2.05) is 20.0 Å². The molecule has 1 N–H and O–H groups in total. The Morgan fingerprint density at radius 2 is 1.88 bits per heavy atom. The molecule has 1 rings (SSSR count). The van der Waals surface area contributed by atoms with E-state index in [-0.39, 0.29) is 0 Å². The summed E-state index contributed by atoms with van der Waals surface area (Å²) >= 11 is 0. The maximum atomic E-state index is 4.46. The van der Waals surface area contributed by atoms with Crippen LogP contribution in [0.3, 0.4) is 0 Å². The lowest BCUT2D eigenvalue weighted by molar-refractivity contribution is 0.502. The number of anilines is 2. The van der Waals surface area contributed by atoms with Crippen molar-refractivity contribution in [1.29, 1.82) is 0 Å². The van der Waals surface area contributed by atoms with Gasteiger partial charge in [-0.15, -0.1) is 0 Å². The summed E-state index contributed by atoms with van der Waals surface area (Å²) in [5, 5.41) is 3.05. The van der Waals surface area contributed by atoms with Gasteiger partial charge in [-0.25, -0.2) is 9.97 Å². The predicted molar refractivity (Wildman–Crippen MR) is 69.0 cm³/mol. The van der Waals surface area contributed by atoms with Gasteiger partial charge in [0.1, 0.15) is 17.5 Å². The van der Waals surface area contributed by atoms with Crippen molar-refractivity contribution in [1.82, 2.24) is 9.97 Å². The monoisotopic (exact) mass is 222 g/mol. The van der Waals surface area contributed by atoms with Gasteiger partial charge in [0, 0.05) is 26.2 Å². The van der Waals surface area contributed by atoms with Crippen LogP contribution >= 0.6 is 0 Å². The molecule has 0 spiro atoms. The van der Waals surface area contributed by atoms with Crippen LogP contribution in [0.1, 0.15) is 26.6 Å². The lowest BCUT2D eigenvalue weighted by Crippen LogP contribution is -2.34. The maximum Gasteiger partial charge on any atom is 0.134 e. The van der Waals surface area contributed by atoms with Crippen molar-refractivity contribution >= 4 is 11.6 Å². The molecule has 0 radical (unpaired) electrons. The molecule has 1 unspecified atom stereocenters. The zero-order valence-electron chi connectivity index (χ0n) is 11.1. The number of nitrogens with zero attached hydrogens (tertiary/aromatic N) is 3. The molecule has 4 heteroatoms. The SMILES string of the molecule is CNc1cc(N(C)C(C)C(C)C)nc(C)n1. The predicted octanol–water partition coefficient (Wildman–Crippen LogP) is 2.31. The molecule has 0 aromatic carbocycles. The third-order valence-corrected chi connectivity index (χ3v) is 3.02. The molecule has 0 bridgehead atoms. The molecule has 0 aliphatic rings. The first-order valence-corrected chi connectivity index (χ1v) is 5.72. The largest absolute Gasteiger partial charge is 0.373 e. The van der Waals surface area contributed by atoms with Crippen LogP contribution in [0.4, 0.5) is 11.6 Å². The number of aromatic nitrogens is 2. The molecule has 0 fully saturated rings. The molecule has 0 aliphatic carbocycles. The molecule has 16 heavy (non-hydrogen) atoms. The molecule has 0 amide bonds. The van der Waals surface area contributed by atoms with Crippen molar-refractivity contribution in [3.63, 3.8) is 0 Å². The van der Waals surface area contributed by atoms with Crippen molar-refractivity contribution in [3.8, 4) is 0 Å². The summed E-state index contributed by atoms with van der Waals surface area (Å²) < 4.78 is 0. The van der Waals surface area contributed by atoms with E-state index in [0.717, 1.165) is 17.5 Å². The summed E-state index contributed by atoms with van der Waals surface area (Å²) in [5.41, 5.74) is 0. The van der Waals surface area contributed by atoms with E-state index in [1.54, 1.807) is 0 Å². The molecule has 1 aromatic rings. The molecule has 1 aromatic heterocycles. The second-order valence-electron chi connectivity index (χ2n) is 4.50. The van der Waals surface area contributed by atoms with Crippen molar-refractivity contribution in [3.05, 3.63) is 11.9 Å². The zero-order valence-corrected chi connectivity index (χ0v) is 11.1. The van der Waals surface area contributed by atoms with Gasteiger partial charge in [0.25, 0.3) is 0 Å². The van der Waals surface area contributed by atoms with Crippen LogP contribution in [0.25, 0.3) is 0 Å². The lowest BCUT2D eigenvalue weighted by Gasteiger charge is -2.29. The molecule has 0 saturated carbocycles. The molecule has 4 nitrogen and oxygen atoms in total. The van der Waals surface area contributed by atoms with Gasteiger partial charge in [-0.05, 0) is 19.8 Å². The Morgan fingerprint density at radius 1 is 1.25 bits per heavy atom. The molecule has 0 saturated heterocycles. The van der Waals surface area contributed by atoms with E-state index in [1.165, 1.54) is 0 Å². The smallest absolute Gasteiger partial charge is 0.134 e. The summed E-state index contributed by atoms with van der Waals surface area (Å²) in [6.07, 6.45) is 0. The minimum Gasteiger partial charge on any atom is -0.373 e. The first-order chi connectivity index (χ1) is 7.45. The first-order valence-electron chi connectivity index (χ1n) is 5.72. The third kappa shape index (κ3) is 2.84. The Balaban J connectivity index is 2.98. The summed E-state index contributed by atoms with van der Waals surface area (Å²) in [7, 11) is 3.95. The second kappa shape index (κ2) is 5.14. The quantitative estimate of drug-likeness (QED) is 0.848.